The highest BCUT2D eigenvalue weighted by Gasteiger charge is 2.30. The average molecular weight is 285 g/mol. The number of carbonyl (C=O) groups excluding carboxylic acids is 1. The van der Waals surface area contributed by atoms with Crippen molar-refractivity contribution in [3.05, 3.63) is 52.4 Å². The summed E-state index contributed by atoms with van der Waals surface area (Å²) in [5.74, 6) is -0.328. The Kier molecular flexibility index (Phi) is 3.06. The van der Waals surface area contributed by atoms with Gasteiger partial charge in [-0.1, -0.05) is 12.1 Å². The summed E-state index contributed by atoms with van der Waals surface area (Å²) < 4.78 is 5.69. The lowest BCUT2D eigenvalue weighted by molar-refractivity contribution is 0.0845. The Morgan fingerprint density at radius 1 is 1.14 bits per heavy atom. The van der Waals surface area contributed by atoms with Crippen molar-refractivity contribution in [1.29, 1.82) is 0 Å². The maximum Gasteiger partial charge on any atom is 0.174 e. The Balaban J connectivity index is 2.01. The van der Waals surface area contributed by atoms with Gasteiger partial charge in [-0.05, 0) is 22.9 Å². The highest BCUT2D eigenvalue weighted by molar-refractivity contribution is 6.03. The van der Waals surface area contributed by atoms with Gasteiger partial charge in [-0.2, -0.15) is 0 Å². The summed E-state index contributed by atoms with van der Waals surface area (Å²) in [7, 11) is 0. The predicted molar refractivity (Wildman–Crippen MR) is 74.0 cm³/mol. The number of carbonyl (C=O) groups is 1. The first-order valence-electron chi connectivity index (χ1n) is 6.27. The number of phenolic OH excluding ortho intramolecular Hbond substituents is 2. The molecule has 2 N–H and O–H groups in total. The number of benzene rings is 2. The highest BCUT2D eigenvalue weighted by atomic mass is 16.5. The number of phenols is 2. The van der Waals surface area contributed by atoms with Crippen LogP contribution in [-0.2, 0) is 0 Å². The topological polar surface area (TPSA) is 96.2 Å². The number of hydrogen-bond donors (Lipinski definition) is 2. The van der Waals surface area contributed by atoms with Crippen LogP contribution in [0.2, 0.25) is 0 Å². The minimum atomic E-state index is -0.535. The third-order valence-electron chi connectivity index (χ3n) is 3.36. The Labute approximate surface area is 119 Å². The minimum Gasteiger partial charge on any atom is -0.508 e. The van der Waals surface area contributed by atoms with E-state index in [2.05, 4.69) is 5.18 Å². The lowest BCUT2D eigenvalue weighted by Crippen LogP contribution is -2.20. The molecule has 6 nitrogen and oxygen atoms in total. The monoisotopic (exact) mass is 285 g/mol. The van der Waals surface area contributed by atoms with E-state index in [0.29, 0.717) is 0 Å². The second-order valence-corrected chi connectivity index (χ2v) is 4.75. The summed E-state index contributed by atoms with van der Waals surface area (Å²) in [6.45, 7) is 0. The molecular weight excluding hydrogens is 274 g/mol. The van der Waals surface area contributed by atoms with Gasteiger partial charge in [0, 0.05) is 12.1 Å². The SMILES string of the molecule is O=Nc1cc(O)c2c(c1)OC(c1ccc(O)cc1)CC2=O. The molecule has 1 heterocycles. The van der Waals surface area contributed by atoms with Crippen molar-refractivity contribution >= 4 is 11.5 Å². The Morgan fingerprint density at radius 2 is 1.86 bits per heavy atom. The zero-order chi connectivity index (χ0) is 15.0. The molecule has 0 spiro atoms. The van der Waals surface area contributed by atoms with Gasteiger partial charge in [0.05, 0.1) is 6.42 Å². The Hall–Kier alpha value is -2.89. The zero-order valence-corrected chi connectivity index (χ0v) is 10.8. The Morgan fingerprint density at radius 3 is 2.52 bits per heavy atom. The van der Waals surface area contributed by atoms with E-state index in [1.54, 1.807) is 12.1 Å². The van der Waals surface area contributed by atoms with Crippen molar-refractivity contribution < 1.29 is 19.7 Å². The van der Waals surface area contributed by atoms with Crippen LogP contribution in [0, 0.1) is 4.91 Å². The molecule has 0 saturated heterocycles. The summed E-state index contributed by atoms with van der Waals surface area (Å²) in [5.41, 5.74) is 0.776. The molecule has 1 atom stereocenters. The molecule has 21 heavy (non-hydrogen) atoms. The van der Waals surface area contributed by atoms with Crippen molar-refractivity contribution in [2.75, 3.05) is 0 Å². The maximum absolute atomic E-state index is 12.2. The molecule has 0 fully saturated rings. The van der Waals surface area contributed by atoms with Gasteiger partial charge in [-0.3, -0.25) is 4.79 Å². The van der Waals surface area contributed by atoms with Crippen LogP contribution < -0.4 is 4.74 Å². The molecule has 106 valence electrons. The molecule has 0 aliphatic carbocycles. The van der Waals surface area contributed by atoms with Gasteiger partial charge in [0.1, 0.15) is 34.6 Å². The fraction of sp³-hybridized carbons (Fsp3) is 0.133. The molecule has 6 heteroatoms. The molecule has 1 unspecified atom stereocenters. The minimum absolute atomic E-state index is 0.00888. The molecule has 0 radical (unpaired) electrons. The summed E-state index contributed by atoms with van der Waals surface area (Å²) in [6.07, 6.45) is -0.467. The first-order chi connectivity index (χ1) is 10.1. The van der Waals surface area contributed by atoms with Crippen molar-refractivity contribution in [3.63, 3.8) is 0 Å². The normalized spacial score (nSPS) is 17.0. The summed E-state index contributed by atoms with van der Waals surface area (Å²) in [5, 5.41) is 21.8. The standard InChI is InChI=1S/C15H11NO5/c17-10-3-1-8(2-4-10)13-7-12(19)15-11(18)5-9(16-20)6-14(15)21-13/h1-6,13,17-18H,7H2. The molecule has 3 rings (SSSR count). The number of hydrogen-bond acceptors (Lipinski definition) is 6. The second-order valence-electron chi connectivity index (χ2n) is 4.75. The molecular formula is C15H11NO5. The largest absolute Gasteiger partial charge is 0.508 e. The number of aromatic hydroxyl groups is 2. The van der Waals surface area contributed by atoms with Crippen molar-refractivity contribution in [2.24, 2.45) is 5.18 Å². The smallest absolute Gasteiger partial charge is 0.174 e. The number of Topliss-reactive ketones (excluding diaryl/α,β-unsaturated/α-hetero) is 1. The van der Waals surface area contributed by atoms with Crippen LogP contribution in [0.1, 0.15) is 28.4 Å². The van der Waals surface area contributed by atoms with E-state index in [0.717, 1.165) is 11.6 Å². The Bertz CT molecular complexity index is 724. The highest BCUT2D eigenvalue weighted by Crippen LogP contribution is 2.41. The van der Waals surface area contributed by atoms with Gasteiger partial charge < -0.3 is 14.9 Å². The van der Waals surface area contributed by atoms with E-state index in [4.69, 9.17) is 4.74 Å². The van der Waals surface area contributed by atoms with E-state index in [1.807, 2.05) is 0 Å². The third-order valence-corrected chi connectivity index (χ3v) is 3.36. The molecule has 0 bridgehead atoms. The second kappa shape index (κ2) is 4.90. The van der Waals surface area contributed by atoms with Crippen LogP contribution in [0.5, 0.6) is 17.2 Å². The molecule has 1 aliphatic rings. The first kappa shape index (κ1) is 13.1. The van der Waals surface area contributed by atoms with E-state index in [1.165, 1.54) is 18.2 Å². The van der Waals surface area contributed by atoms with Gasteiger partial charge in [-0.15, -0.1) is 4.91 Å². The zero-order valence-electron chi connectivity index (χ0n) is 10.8. The number of nitrogens with zero attached hydrogens (tertiary/aromatic N) is 1. The van der Waals surface area contributed by atoms with Gasteiger partial charge in [-0.25, -0.2) is 0 Å². The quantitative estimate of drug-likeness (QED) is 0.826. The number of rotatable bonds is 2. The van der Waals surface area contributed by atoms with E-state index in [9.17, 15) is 19.9 Å². The van der Waals surface area contributed by atoms with Crippen LogP contribution in [0.25, 0.3) is 0 Å². The van der Waals surface area contributed by atoms with E-state index >= 15 is 0 Å². The fourth-order valence-electron chi connectivity index (χ4n) is 2.35. The summed E-state index contributed by atoms with van der Waals surface area (Å²) in [4.78, 5) is 22.7. The lowest BCUT2D eigenvalue weighted by atomic mass is 9.95. The van der Waals surface area contributed by atoms with E-state index in [-0.39, 0.29) is 40.7 Å². The number of ether oxygens (including phenoxy) is 1. The summed E-state index contributed by atoms with van der Waals surface area (Å²) in [6, 6.07) is 8.76. The number of fused-ring (bicyclic) bond motifs is 1. The van der Waals surface area contributed by atoms with Gasteiger partial charge in [0.2, 0.25) is 0 Å². The van der Waals surface area contributed by atoms with Crippen LogP contribution in [-0.4, -0.2) is 16.0 Å². The van der Waals surface area contributed by atoms with Gasteiger partial charge >= 0.3 is 0 Å². The van der Waals surface area contributed by atoms with Crippen molar-refractivity contribution in [2.45, 2.75) is 12.5 Å². The van der Waals surface area contributed by atoms with Crippen LogP contribution in [0.15, 0.2) is 41.6 Å². The van der Waals surface area contributed by atoms with Gasteiger partial charge in [0.25, 0.3) is 0 Å². The maximum atomic E-state index is 12.2. The lowest BCUT2D eigenvalue weighted by Gasteiger charge is -2.26. The first-order valence-corrected chi connectivity index (χ1v) is 6.27. The number of ketones is 1. The molecule has 2 aromatic carbocycles. The van der Waals surface area contributed by atoms with Gasteiger partial charge in [0.15, 0.2) is 5.78 Å². The average Bonchev–Trinajstić information content (AvgIpc) is 2.46. The predicted octanol–water partition coefficient (Wildman–Crippen LogP) is 3.20. The molecule has 0 amide bonds. The van der Waals surface area contributed by atoms with Crippen LogP contribution in [0.3, 0.4) is 0 Å². The molecule has 2 aromatic rings. The number of nitroso groups, excluding NO2 is 1. The molecule has 1 aliphatic heterocycles. The third kappa shape index (κ3) is 2.31. The fourth-order valence-corrected chi connectivity index (χ4v) is 2.35. The van der Waals surface area contributed by atoms with E-state index < -0.39 is 6.10 Å². The van der Waals surface area contributed by atoms with Crippen LogP contribution >= 0.6 is 0 Å². The van der Waals surface area contributed by atoms with Crippen LogP contribution in [0.4, 0.5) is 5.69 Å². The molecule has 0 aromatic heterocycles. The molecule has 0 saturated carbocycles. The van der Waals surface area contributed by atoms with Crippen molar-refractivity contribution in [3.8, 4) is 17.2 Å². The van der Waals surface area contributed by atoms with Crippen molar-refractivity contribution in [1.82, 2.24) is 0 Å². The summed E-state index contributed by atoms with van der Waals surface area (Å²) >= 11 is 0.